The molecule has 2 rings (SSSR count). The number of aliphatic carboxylic acids is 1. The number of carboxylic acid groups (broad SMARTS) is 1. The number of carbonyl (C=O) groups is 1. The Labute approximate surface area is 143 Å². The van der Waals surface area contributed by atoms with Gasteiger partial charge in [0, 0.05) is 6.08 Å². The summed E-state index contributed by atoms with van der Waals surface area (Å²) in [6.45, 7) is 0. The smallest absolute Gasteiger partial charge is 0.478 e. The summed E-state index contributed by atoms with van der Waals surface area (Å²) in [7, 11) is 0. The van der Waals surface area contributed by atoms with E-state index in [2.05, 4.69) is 4.74 Å². The van der Waals surface area contributed by atoms with Gasteiger partial charge < -0.3 is 9.84 Å². The van der Waals surface area contributed by atoms with Crippen LogP contribution in [0.3, 0.4) is 0 Å². The maximum atomic E-state index is 13.0. The van der Waals surface area contributed by atoms with Crippen molar-refractivity contribution in [2.24, 2.45) is 0 Å². The molecule has 138 valence electrons. The molecule has 0 unspecified atom stereocenters. The van der Waals surface area contributed by atoms with Crippen LogP contribution in [0, 0.1) is 0 Å². The SMILES string of the molecule is O=C(O)/C=C/c1cc(-c2cccc(OC(F)(F)F)c2)ccc1C(F)(F)F. The number of benzene rings is 2. The van der Waals surface area contributed by atoms with Crippen LogP contribution in [0.2, 0.25) is 0 Å². The molecule has 9 heteroatoms. The Bertz CT molecular complexity index is 837. The van der Waals surface area contributed by atoms with Gasteiger partial charge in [-0.3, -0.25) is 0 Å². The van der Waals surface area contributed by atoms with Crippen molar-refractivity contribution in [1.82, 2.24) is 0 Å². The molecule has 0 heterocycles. The van der Waals surface area contributed by atoms with Gasteiger partial charge in [-0.2, -0.15) is 13.2 Å². The van der Waals surface area contributed by atoms with E-state index in [0.717, 1.165) is 36.4 Å². The molecule has 0 spiro atoms. The molecule has 0 aliphatic carbocycles. The number of alkyl halides is 6. The summed E-state index contributed by atoms with van der Waals surface area (Å²) in [6, 6.07) is 7.54. The molecule has 26 heavy (non-hydrogen) atoms. The summed E-state index contributed by atoms with van der Waals surface area (Å²) in [5.74, 6) is -1.97. The third-order valence-electron chi connectivity index (χ3n) is 3.16. The zero-order valence-electron chi connectivity index (χ0n) is 12.7. The Morgan fingerprint density at radius 1 is 0.962 bits per heavy atom. The van der Waals surface area contributed by atoms with Gasteiger partial charge in [-0.1, -0.05) is 18.2 Å². The maximum Gasteiger partial charge on any atom is 0.573 e. The van der Waals surface area contributed by atoms with Crippen LogP contribution in [0.1, 0.15) is 11.1 Å². The van der Waals surface area contributed by atoms with Crippen LogP contribution >= 0.6 is 0 Å². The second kappa shape index (κ2) is 7.11. The molecule has 0 saturated heterocycles. The lowest BCUT2D eigenvalue weighted by Gasteiger charge is -2.13. The van der Waals surface area contributed by atoms with Gasteiger partial charge in [0.2, 0.25) is 0 Å². The number of halogens is 6. The van der Waals surface area contributed by atoms with E-state index in [1.807, 2.05) is 0 Å². The van der Waals surface area contributed by atoms with Gasteiger partial charge >= 0.3 is 18.5 Å². The molecule has 0 radical (unpaired) electrons. The molecule has 0 aromatic heterocycles. The van der Waals surface area contributed by atoms with E-state index in [-0.39, 0.29) is 11.1 Å². The van der Waals surface area contributed by atoms with Crippen LogP contribution in [0.5, 0.6) is 5.75 Å². The molecular formula is C17H10F6O3. The molecule has 0 amide bonds. The van der Waals surface area contributed by atoms with Crippen molar-refractivity contribution in [1.29, 1.82) is 0 Å². The molecule has 0 atom stereocenters. The van der Waals surface area contributed by atoms with Crippen LogP contribution in [0.15, 0.2) is 48.5 Å². The highest BCUT2D eigenvalue weighted by molar-refractivity contribution is 5.86. The van der Waals surface area contributed by atoms with E-state index >= 15 is 0 Å². The van der Waals surface area contributed by atoms with Gasteiger partial charge in [0.15, 0.2) is 0 Å². The lowest BCUT2D eigenvalue weighted by molar-refractivity contribution is -0.274. The first-order valence-corrected chi connectivity index (χ1v) is 6.94. The average molecular weight is 376 g/mol. The quantitative estimate of drug-likeness (QED) is 0.577. The van der Waals surface area contributed by atoms with E-state index in [1.54, 1.807) is 0 Å². The standard InChI is InChI=1S/C17H10F6O3/c18-16(19,20)14-6-4-11(8-12(14)5-7-15(24)25)10-2-1-3-13(9-10)26-17(21,22)23/h1-9H,(H,24,25)/b7-5+. The molecule has 0 aliphatic heterocycles. The summed E-state index contributed by atoms with van der Waals surface area (Å²) in [5.41, 5.74) is -1.16. The first kappa shape index (κ1) is 19.4. The molecule has 2 aromatic carbocycles. The Morgan fingerprint density at radius 3 is 2.19 bits per heavy atom. The van der Waals surface area contributed by atoms with Gasteiger partial charge in [-0.05, 0) is 47.0 Å². The fraction of sp³-hybridized carbons (Fsp3) is 0.118. The first-order valence-electron chi connectivity index (χ1n) is 6.94. The van der Waals surface area contributed by atoms with Crippen LogP contribution in [0.4, 0.5) is 26.3 Å². The maximum absolute atomic E-state index is 13.0. The van der Waals surface area contributed by atoms with Crippen molar-refractivity contribution in [3.8, 4) is 16.9 Å². The molecule has 3 nitrogen and oxygen atoms in total. The van der Waals surface area contributed by atoms with Gasteiger partial charge in [-0.15, -0.1) is 13.2 Å². The number of carboxylic acids is 1. The second-order valence-corrected chi connectivity index (χ2v) is 5.05. The summed E-state index contributed by atoms with van der Waals surface area (Å²) in [4.78, 5) is 10.6. The monoisotopic (exact) mass is 376 g/mol. The van der Waals surface area contributed by atoms with Crippen molar-refractivity contribution in [2.75, 3.05) is 0 Å². The molecule has 0 saturated carbocycles. The third-order valence-corrected chi connectivity index (χ3v) is 3.16. The van der Waals surface area contributed by atoms with Crippen molar-refractivity contribution >= 4 is 12.0 Å². The summed E-state index contributed by atoms with van der Waals surface area (Å²) in [6.07, 6.45) is -8.33. The zero-order chi connectivity index (χ0) is 19.5. The van der Waals surface area contributed by atoms with Gasteiger partial charge in [-0.25, -0.2) is 4.79 Å². The van der Waals surface area contributed by atoms with E-state index in [4.69, 9.17) is 5.11 Å². The van der Waals surface area contributed by atoms with Crippen molar-refractivity contribution < 1.29 is 41.0 Å². The van der Waals surface area contributed by atoms with E-state index < -0.39 is 35.4 Å². The Kier molecular flexibility index (Phi) is 5.29. The van der Waals surface area contributed by atoms with Crippen molar-refractivity contribution in [3.05, 3.63) is 59.7 Å². The molecule has 0 fully saturated rings. The Morgan fingerprint density at radius 2 is 1.62 bits per heavy atom. The van der Waals surface area contributed by atoms with Crippen LogP contribution in [-0.4, -0.2) is 17.4 Å². The molecule has 0 aliphatic rings. The highest BCUT2D eigenvalue weighted by atomic mass is 19.4. The molecule has 1 N–H and O–H groups in total. The van der Waals surface area contributed by atoms with Gasteiger partial charge in [0.25, 0.3) is 0 Å². The highest BCUT2D eigenvalue weighted by Crippen LogP contribution is 2.36. The summed E-state index contributed by atoms with van der Waals surface area (Å²) in [5, 5.41) is 8.61. The first-order chi connectivity index (χ1) is 12.0. The largest absolute Gasteiger partial charge is 0.573 e. The van der Waals surface area contributed by atoms with Gasteiger partial charge in [0.1, 0.15) is 5.75 Å². The molecule has 0 bridgehead atoms. The fourth-order valence-corrected chi connectivity index (χ4v) is 2.17. The minimum atomic E-state index is -4.91. The lowest BCUT2D eigenvalue weighted by atomic mass is 9.98. The molecule has 2 aromatic rings. The number of ether oxygens (including phenoxy) is 1. The number of hydrogen-bond donors (Lipinski definition) is 1. The highest BCUT2D eigenvalue weighted by Gasteiger charge is 2.33. The van der Waals surface area contributed by atoms with Crippen LogP contribution < -0.4 is 4.74 Å². The minimum absolute atomic E-state index is 0.163. The van der Waals surface area contributed by atoms with Crippen molar-refractivity contribution in [2.45, 2.75) is 12.5 Å². The lowest BCUT2D eigenvalue weighted by Crippen LogP contribution is -2.17. The predicted octanol–water partition coefficient (Wildman–Crippen LogP) is 5.37. The van der Waals surface area contributed by atoms with Crippen LogP contribution in [0.25, 0.3) is 17.2 Å². The number of rotatable bonds is 4. The Hall–Kier alpha value is -2.97. The predicted molar refractivity (Wildman–Crippen MR) is 80.2 cm³/mol. The minimum Gasteiger partial charge on any atom is -0.478 e. The fourth-order valence-electron chi connectivity index (χ4n) is 2.17. The van der Waals surface area contributed by atoms with Gasteiger partial charge in [0.05, 0.1) is 5.56 Å². The third kappa shape index (κ3) is 5.27. The van der Waals surface area contributed by atoms with Crippen molar-refractivity contribution in [3.63, 3.8) is 0 Å². The van der Waals surface area contributed by atoms with E-state index in [9.17, 15) is 31.1 Å². The molecular weight excluding hydrogens is 366 g/mol. The normalized spacial score (nSPS) is 12.4. The number of hydrogen-bond acceptors (Lipinski definition) is 2. The zero-order valence-corrected chi connectivity index (χ0v) is 12.7. The topological polar surface area (TPSA) is 46.5 Å². The average Bonchev–Trinajstić information content (AvgIpc) is 2.50. The van der Waals surface area contributed by atoms with E-state index in [0.29, 0.717) is 6.08 Å². The second-order valence-electron chi connectivity index (χ2n) is 5.05. The Balaban J connectivity index is 2.49. The van der Waals surface area contributed by atoms with Crippen LogP contribution in [-0.2, 0) is 11.0 Å². The van der Waals surface area contributed by atoms with E-state index in [1.165, 1.54) is 12.1 Å². The summed E-state index contributed by atoms with van der Waals surface area (Å²) < 4.78 is 79.7. The summed E-state index contributed by atoms with van der Waals surface area (Å²) >= 11 is 0.